The Kier molecular flexibility index (Phi) is 4.10. The third-order valence-electron chi connectivity index (χ3n) is 2.38. The van der Waals surface area contributed by atoms with Gasteiger partial charge in [-0.25, -0.2) is 0 Å². The van der Waals surface area contributed by atoms with Crippen molar-refractivity contribution < 1.29 is 5.11 Å². The van der Waals surface area contributed by atoms with Gasteiger partial charge in [0.25, 0.3) is 0 Å². The Bertz CT molecular complexity index is 534. The van der Waals surface area contributed by atoms with E-state index in [1.165, 1.54) is 0 Å². The molecule has 1 N–H and O–H groups in total. The standard InChI is InChI=1S/C12H10BrClN2O/c13-10-1-4-15-7-9(10)12-8(3-6-17)11(14)2-5-16-12/h1-2,4-5,7,17H,3,6H2. The first-order valence-corrected chi connectivity index (χ1v) is 6.25. The Balaban J connectivity index is 2.59. The minimum absolute atomic E-state index is 0.0380. The average Bonchev–Trinajstić information content (AvgIpc) is 2.33. The van der Waals surface area contributed by atoms with Crippen LogP contribution in [0.5, 0.6) is 0 Å². The van der Waals surface area contributed by atoms with Gasteiger partial charge in [0.15, 0.2) is 0 Å². The molecule has 0 radical (unpaired) electrons. The fraction of sp³-hybridized carbons (Fsp3) is 0.167. The van der Waals surface area contributed by atoms with Crippen LogP contribution in [0.2, 0.25) is 5.02 Å². The van der Waals surface area contributed by atoms with Gasteiger partial charge in [0.05, 0.1) is 5.69 Å². The second-order valence-corrected chi connectivity index (χ2v) is 4.71. The first-order valence-electron chi connectivity index (χ1n) is 5.08. The van der Waals surface area contributed by atoms with Crippen molar-refractivity contribution in [2.75, 3.05) is 6.61 Å². The molecule has 3 nitrogen and oxygen atoms in total. The van der Waals surface area contributed by atoms with Crippen molar-refractivity contribution in [1.82, 2.24) is 9.97 Å². The molecule has 5 heteroatoms. The quantitative estimate of drug-likeness (QED) is 0.947. The molecule has 0 bridgehead atoms. The molecular weight excluding hydrogens is 304 g/mol. The molecule has 2 heterocycles. The first kappa shape index (κ1) is 12.5. The van der Waals surface area contributed by atoms with Gasteiger partial charge in [-0.15, -0.1) is 0 Å². The number of aliphatic hydroxyl groups is 1. The minimum atomic E-state index is 0.0380. The van der Waals surface area contributed by atoms with Gasteiger partial charge in [-0.2, -0.15) is 0 Å². The van der Waals surface area contributed by atoms with E-state index in [1.807, 2.05) is 6.07 Å². The highest BCUT2D eigenvalue weighted by Crippen LogP contribution is 2.31. The number of pyridine rings is 2. The van der Waals surface area contributed by atoms with Crippen molar-refractivity contribution in [3.8, 4) is 11.3 Å². The molecule has 0 aliphatic rings. The Morgan fingerprint density at radius 3 is 2.82 bits per heavy atom. The molecular formula is C12H10BrClN2O. The second kappa shape index (κ2) is 5.58. The molecule has 2 aromatic rings. The Morgan fingerprint density at radius 2 is 2.12 bits per heavy atom. The van der Waals surface area contributed by atoms with E-state index < -0.39 is 0 Å². The maximum Gasteiger partial charge on any atom is 0.0776 e. The van der Waals surface area contributed by atoms with Crippen LogP contribution >= 0.6 is 27.5 Å². The molecule has 0 aliphatic heterocycles. The van der Waals surface area contributed by atoms with Crippen LogP contribution in [0.3, 0.4) is 0 Å². The van der Waals surface area contributed by atoms with E-state index in [1.54, 1.807) is 24.7 Å². The van der Waals surface area contributed by atoms with Gasteiger partial charge >= 0.3 is 0 Å². The SMILES string of the molecule is OCCc1c(Cl)ccnc1-c1cnccc1Br. The predicted molar refractivity (Wildman–Crippen MR) is 71.0 cm³/mol. The maximum absolute atomic E-state index is 9.07. The lowest BCUT2D eigenvalue weighted by Gasteiger charge is -2.10. The largest absolute Gasteiger partial charge is 0.396 e. The molecule has 0 atom stereocenters. The smallest absolute Gasteiger partial charge is 0.0776 e. The van der Waals surface area contributed by atoms with E-state index in [9.17, 15) is 0 Å². The molecule has 17 heavy (non-hydrogen) atoms. The lowest BCUT2D eigenvalue weighted by atomic mass is 10.1. The van der Waals surface area contributed by atoms with Crippen molar-refractivity contribution >= 4 is 27.5 Å². The van der Waals surface area contributed by atoms with Gasteiger partial charge in [-0.05, 0) is 40.0 Å². The van der Waals surface area contributed by atoms with Crippen molar-refractivity contribution in [3.05, 3.63) is 45.8 Å². The van der Waals surface area contributed by atoms with Crippen molar-refractivity contribution in [2.45, 2.75) is 6.42 Å². The minimum Gasteiger partial charge on any atom is -0.396 e. The molecule has 0 unspecified atom stereocenters. The Morgan fingerprint density at radius 1 is 1.29 bits per heavy atom. The van der Waals surface area contributed by atoms with Crippen LogP contribution in [-0.4, -0.2) is 21.7 Å². The summed E-state index contributed by atoms with van der Waals surface area (Å²) in [5.41, 5.74) is 2.47. The summed E-state index contributed by atoms with van der Waals surface area (Å²) in [5, 5.41) is 9.68. The molecule has 2 rings (SSSR count). The maximum atomic E-state index is 9.07. The van der Waals surface area contributed by atoms with Crippen molar-refractivity contribution in [3.63, 3.8) is 0 Å². The molecule has 0 aromatic carbocycles. The topological polar surface area (TPSA) is 46.0 Å². The van der Waals surface area contributed by atoms with Crippen molar-refractivity contribution in [2.24, 2.45) is 0 Å². The second-order valence-electron chi connectivity index (χ2n) is 3.45. The molecule has 88 valence electrons. The third-order valence-corrected chi connectivity index (χ3v) is 3.43. The predicted octanol–water partition coefficient (Wildman–Crippen LogP) is 3.09. The van der Waals surface area contributed by atoms with E-state index in [-0.39, 0.29) is 6.61 Å². The molecule has 0 saturated carbocycles. The summed E-state index contributed by atoms with van der Waals surface area (Å²) < 4.78 is 0.904. The third kappa shape index (κ3) is 2.65. The highest BCUT2D eigenvalue weighted by atomic mass is 79.9. The molecule has 0 saturated heterocycles. The van der Waals surface area contributed by atoms with E-state index >= 15 is 0 Å². The van der Waals surface area contributed by atoms with Crippen LogP contribution < -0.4 is 0 Å². The molecule has 0 spiro atoms. The zero-order chi connectivity index (χ0) is 12.3. The molecule has 0 fully saturated rings. The lowest BCUT2D eigenvalue weighted by Crippen LogP contribution is -1.98. The van der Waals surface area contributed by atoms with Crippen LogP contribution in [0.15, 0.2) is 35.2 Å². The van der Waals surface area contributed by atoms with Gasteiger partial charge in [0.1, 0.15) is 0 Å². The number of nitrogens with zero attached hydrogens (tertiary/aromatic N) is 2. The lowest BCUT2D eigenvalue weighted by molar-refractivity contribution is 0.299. The van der Waals surface area contributed by atoms with Gasteiger partial charge in [-0.1, -0.05) is 11.6 Å². The Hall–Kier alpha value is -0.970. The highest BCUT2D eigenvalue weighted by Gasteiger charge is 2.12. The van der Waals surface area contributed by atoms with Crippen LogP contribution in [0.1, 0.15) is 5.56 Å². The number of aliphatic hydroxyl groups excluding tert-OH is 1. The molecule has 0 aliphatic carbocycles. The van der Waals surface area contributed by atoms with Crippen LogP contribution in [-0.2, 0) is 6.42 Å². The van der Waals surface area contributed by atoms with Crippen LogP contribution in [0.4, 0.5) is 0 Å². The first-order chi connectivity index (χ1) is 8.24. The van der Waals surface area contributed by atoms with Gasteiger partial charge in [-0.3, -0.25) is 9.97 Å². The summed E-state index contributed by atoms with van der Waals surface area (Å²) in [6.07, 6.45) is 5.55. The van der Waals surface area contributed by atoms with Gasteiger partial charge in [0, 0.05) is 40.3 Å². The number of halogens is 2. The molecule has 0 amide bonds. The number of aromatic nitrogens is 2. The van der Waals surface area contributed by atoms with Crippen LogP contribution in [0.25, 0.3) is 11.3 Å². The summed E-state index contributed by atoms with van der Waals surface area (Å²) >= 11 is 9.58. The van der Waals surface area contributed by atoms with E-state index in [2.05, 4.69) is 25.9 Å². The summed E-state index contributed by atoms with van der Waals surface area (Å²) in [7, 11) is 0. The van der Waals surface area contributed by atoms with Gasteiger partial charge in [0.2, 0.25) is 0 Å². The highest BCUT2D eigenvalue weighted by molar-refractivity contribution is 9.10. The van der Waals surface area contributed by atoms with Gasteiger partial charge < -0.3 is 5.11 Å². The normalized spacial score (nSPS) is 10.5. The Labute approximate surface area is 113 Å². The zero-order valence-electron chi connectivity index (χ0n) is 8.90. The monoisotopic (exact) mass is 312 g/mol. The van der Waals surface area contributed by atoms with E-state index in [0.717, 1.165) is 21.3 Å². The van der Waals surface area contributed by atoms with E-state index in [0.29, 0.717) is 11.4 Å². The van der Waals surface area contributed by atoms with E-state index in [4.69, 9.17) is 16.7 Å². The summed E-state index contributed by atoms with van der Waals surface area (Å²) in [5.74, 6) is 0. The number of hydrogen-bond acceptors (Lipinski definition) is 3. The fourth-order valence-corrected chi connectivity index (χ4v) is 2.25. The van der Waals surface area contributed by atoms with Crippen molar-refractivity contribution in [1.29, 1.82) is 0 Å². The fourth-order valence-electron chi connectivity index (χ4n) is 1.60. The molecule has 2 aromatic heterocycles. The summed E-state index contributed by atoms with van der Waals surface area (Å²) in [6, 6.07) is 3.57. The number of hydrogen-bond donors (Lipinski definition) is 1. The number of rotatable bonds is 3. The van der Waals surface area contributed by atoms with Crippen LogP contribution in [0, 0.1) is 0 Å². The zero-order valence-corrected chi connectivity index (χ0v) is 11.2. The summed E-state index contributed by atoms with van der Waals surface area (Å²) in [4.78, 5) is 8.40. The summed E-state index contributed by atoms with van der Waals surface area (Å²) in [6.45, 7) is 0.0380. The average molecular weight is 314 g/mol.